The molecule has 0 aromatic heterocycles. The molecular weight excluding hydrogens is 222 g/mol. The van der Waals surface area contributed by atoms with Crippen molar-refractivity contribution in [1.29, 1.82) is 0 Å². The summed E-state index contributed by atoms with van der Waals surface area (Å²) in [5, 5.41) is 0. The van der Waals surface area contributed by atoms with E-state index in [1.165, 1.54) is 6.92 Å². The number of hydrogen-bond acceptors (Lipinski definition) is 0. The van der Waals surface area contributed by atoms with Crippen molar-refractivity contribution in [1.82, 2.24) is 0 Å². The Bertz CT molecular complexity index is 259. The third kappa shape index (κ3) is 3.14. The average molecular weight is 232 g/mol. The van der Waals surface area contributed by atoms with Gasteiger partial charge in [0.2, 0.25) is 0 Å². The molecule has 0 saturated carbocycles. The monoisotopic (exact) mass is 232 g/mol. The van der Waals surface area contributed by atoms with E-state index < -0.39 is 36.2 Å². The molecule has 0 aliphatic heterocycles. The molecule has 0 spiro atoms. The van der Waals surface area contributed by atoms with E-state index in [9.17, 15) is 26.3 Å². The van der Waals surface area contributed by atoms with Gasteiger partial charge in [0.1, 0.15) is 0 Å². The first-order valence-corrected chi connectivity index (χ1v) is 4.45. The van der Waals surface area contributed by atoms with Crippen LogP contribution < -0.4 is 0 Å². The third-order valence-corrected chi connectivity index (χ3v) is 2.44. The molecule has 1 rings (SSSR count). The van der Waals surface area contributed by atoms with Gasteiger partial charge in [-0.2, -0.15) is 26.3 Å². The van der Waals surface area contributed by atoms with Crippen molar-refractivity contribution in [2.24, 2.45) is 11.8 Å². The Morgan fingerprint density at radius 2 is 1.67 bits per heavy atom. The quantitative estimate of drug-likeness (QED) is 0.436. The van der Waals surface area contributed by atoms with Crippen LogP contribution in [0.4, 0.5) is 26.3 Å². The minimum absolute atomic E-state index is 0.261. The van der Waals surface area contributed by atoms with E-state index in [1.807, 2.05) is 0 Å². The molecule has 6 heteroatoms. The summed E-state index contributed by atoms with van der Waals surface area (Å²) >= 11 is 0. The van der Waals surface area contributed by atoms with Gasteiger partial charge in [-0.3, -0.25) is 0 Å². The Hall–Kier alpha value is -0.680. The van der Waals surface area contributed by atoms with Gasteiger partial charge in [-0.05, 0) is 18.8 Å². The van der Waals surface area contributed by atoms with Crippen LogP contribution in [0.2, 0.25) is 0 Å². The van der Waals surface area contributed by atoms with Gasteiger partial charge >= 0.3 is 12.4 Å². The zero-order chi connectivity index (χ0) is 11.9. The lowest BCUT2D eigenvalue weighted by Gasteiger charge is -2.29. The molecule has 0 amide bonds. The predicted octanol–water partition coefficient (Wildman–Crippen LogP) is 4.08. The summed E-state index contributed by atoms with van der Waals surface area (Å²) in [6, 6.07) is 0. The van der Waals surface area contributed by atoms with Crippen LogP contribution in [-0.4, -0.2) is 12.4 Å². The van der Waals surface area contributed by atoms with Crippen LogP contribution in [0.5, 0.6) is 0 Å². The molecule has 1 aliphatic rings. The first-order valence-electron chi connectivity index (χ1n) is 4.45. The summed E-state index contributed by atoms with van der Waals surface area (Å²) in [4.78, 5) is 0. The van der Waals surface area contributed by atoms with Crippen LogP contribution in [0.1, 0.15) is 19.8 Å². The van der Waals surface area contributed by atoms with E-state index in [0.29, 0.717) is 0 Å². The molecule has 88 valence electrons. The minimum atomic E-state index is -4.64. The molecule has 0 saturated heterocycles. The minimum Gasteiger partial charge on any atom is -0.171 e. The molecule has 15 heavy (non-hydrogen) atoms. The van der Waals surface area contributed by atoms with Crippen LogP contribution in [0.15, 0.2) is 11.6 Å². The maximum atomic E-state index is 12.3. The largest absolute Gasteiger partial charge is 0.412 e. The Kier molecular flexibility index (Phi) is 3.07. The van der Waals surface area contributed by atoms with E-state index >= 15 is 0 Å². The van der Waals surface area contributed by atoms with Crippen molar-refractivity contribution >= 4 is 0 Å². The third-order valence-electron chi connectivity index (χ3n) is 2.44. The van der Waals surface area contributed by atoms with Gasteiger partial charge in [-0.1, -0.05) is 13.0 Å². The number of hydrogen-bond donors (Lipinski definition) is 0. The van der Waals surface area contributed by atoms with E-state index in [4.69, 9.17) is 0 Å². The topological polar surface area (TPSA) is 0 Å². The first kappa shape index (κ1) is 12.4. The van der Waals surface area contributed by atoms with E-state index in [0.717, 1.165) is 6.08 Å². The van der Waals surface area contributed by atoms with Gasteiger partial charge in [0, 0.05) is 5.57 Å². The van der Waals surface area contributed by atoms with Gasteiger partial charge in [-0.15, -0.1) is 0 Å². The van der Waals surface area contributed by atoms with Gasteiger partial charge in [0.15, 0.2) is 0 Å². The summed E-state index contributed by atoms with van der Waals surface area (Å²) in [5.41, 5.74) is -1.05. The summed E-state index contributed by atoms with van der Waals surface area (Å²) in [6.45, 7) is 1.36. The van der Waals surface area contributed by atoms with E-state index in [1.54, 1.807) is 0 Å². The number of alkyl halides is 6. The number of rotatable bonds is 0. The maximum absolute atomic E-state index is 12.3. The molecule has 1 unspecified atom stereocenters. The van der Waals surface area contributed by atoms with Crippen LogP contribution in [-0.2, 0) is 0 Å². The Balaban J connectivity index is 2.86. The van der Waals surface area contributed by atoms with Gasteiger partial charge in [-0.25, -0.2) is 0 Å². The van der Waals surface area contributed by atoms with Crippen molar-refractivity contribution in [3.63, 3.8) is 0 Å². The average Bonchev–Trinajstić information content (AvgIpc) is 1.99. The number of halogens is 6. The SMILES string of the molecule is C[C@H]1C=C(C(F)(F)F)CC(C(F)(F)F)C1. The van der Waals surface area contributed by atoms with Gasteiger partial charge in [0.25, 0.3) is 0 Å². The maximum Gasteiger partial charge on any atom is 0.412 e. The van der Waals surface area contributed by atoms with Crippen LogP contribution in [0, 0.1) is 11.8 Å². The van der Waals surface area contributed by atoms with Crippen molar-refractivity contribution in [2.75, 3.05) is 0 Å². The first-order chi connectivity index (χ1) is 6.60. The second-order valence-electron chi connectivity index (χ2n) is 3.85. The molecule has 2 atom stereocenters. The molecular formula is C9H10F6. The van der Waals surface area contributed by atoms with E-state index in [-0.39, 0.29) is 6.42 Å². The molecule has 0 fully saturated rings. The standard InChI is InChI=1S/C9H10F6/c1-5-2-6(8(10,11)12)4-7(3-5)9(13,14)15/h2,5,7H,3-4H2,1H3/t5-,7?/m0/s1. The lowest BCUT2D eigenvalue weighted by molar-refractivity contribution is -0.184. The predicted molar refractivity (Wildman–Crippen MR) is 42.1 cm³/mol. The molecule has 0 N–H and O–H groups in total. The van der Waals surface area contributed by atoms with Gasteiger partial charge < -0.3 is 0 Å². The molecule has 0 heterocycles. The molecule has 0 aromatic rings. The van der Waals surface area contributed by atoms with Crippen molar-refractivity contribution < 1.29 is 26.3 Å². The fourth-order valence-electron chi connectivity index (χ4n) is 1.74. The summed E-state index contributed by atoms with van der Waals surface area (Å²) < 4.78 is 73.6. The number of allylic oxidation sites excluding steroid dienone is 2. The van der Waals surface area contributed by atoms with Crippen LogP contribution in [0.3, 0.4) is 0 Å². The lowest BCUT2D eigenvalue weighted by atomic mass is 9.82. The normalized spacial score (nSPS) is 28.9. The summed E-state index contributed by atoms with van der Waals surface area (Å²) in [7, 11) is 0. The molecule has 1 aliphatic carbocycles. The Morgan fingerprint density at radius 1 is 1.13 bits per heavy atom. The fourth-order valence-corrected chi connectivity index (χ4v) is 1.74. The van der Waals surface area contributed by atoms with Crippen LogP contribution >= 0.6 is 0 Å². The highest BCUT2D eigenvalue weighted by Gasteiger charge is 2.46. The highest BCUT2D eigenvalue weighted by molar-refractivity contribution is 5.15. The van der Waals surface area contributed by atoms with Crippen molar-refractivity contribution in [3.8, 4) is 0 Å². The van der Waals surface area contributed by atoms with Crippen molar-refractivity contribution in [2.45, 2.75) is 32.1 Å². The second-order valence-corrected chi connectivity index (χ2v) is 3.85. The smallest absolute Gasteiger partial charge is 0.171 e. The Morgan fingerprint density at radius 3 is 2.07 bits per heavy atom. The zero-order valence-electron chi connectivity index (χ0n) is 7.91. The molecule has 0 nitrogen and oxygen atoms in total. The second kappa shape index (κ2) is 3.72. The van der Waals surface area contributed by atoms with Crippen molar-refractivity contribution in [3.05, 3.63) is 11.6 Å². The molecule has 0 aromatic carbocycles. The highest BCUT2D eigenvalue weighted by Crippen LogP contribution is 2.43. The summed E-state index contributed by atoms with van der Waals surface area (Å²) in [5.74, 6) is -2.55. The van der Waals surface area contributed by atoms with Gasteiger partial charge in [0.05, 0.1) is 5.92 Å². The fraction of sp³-hybridized carbons (Fsp3) is 0.778. The molecule has 0 bridgehead atoms. The lowest BCUT2D eigenvalue weighted by Crippen LogP contribution is -2.31. The zero-order valence-corrected chi connectivity index (χ0v) is 7.91. The highest BCUT2D eigenvalue weighted by atomic mass is 19.4. The van der Waals surface area contributed by atoms with E-state index in [2.05, 4.69) is 0 Å². The molecule has 0 radical (unpaired) electrons. The summed E-state index contributed by atoms with van der Waals surface area (Å²) in [6.07, 6.45) is -9.50. The Labute approximate surface area is 83.0 Å². The van der Waals surface area contributed by atoms with Crippen LogP contribution in [0.25, 0.3) is 0 Å².